The van der Waals surface area contributed by atoms with Gasteiger partial charge in [-0.05, 0) is 38.6 Å². The van der Waals surface area contributed by atoms with Gasteiger partial charge in [-0.1, -0.05) is 22.9 Å². The lowest BCUT2D eigenvalue weighted by Gasteiger charge is -2.18. The Morgan fingerprint density at radius 2 is 2.00 bits per heavy atom. The van der Waals surface area contributed by atoms with Gasteiger partial charge in [0.15, 0.2) is 0 Å². The van der Waals surface area contributed by atoms with E-state index in [0.717, 1.165) is 11.2 Å². The maximum absolute atomic E-state index is 3.48. The quantitative estimate of drug-likeness (QED) is 0.622. The van der Waals surface area contributed by atoms with Gasteiger partial charge in [0, 0.05) is 17.6 Å². The molecule has 0 aliphatic heterocycles. The van der Waals surface area contributed by atoms with Gasteiger partial charge >= 0.3 is 0 Å². The van der Waals surface area contributed by atoms with E-state index in [-0.39, 0.29) is 0 Å². The number of thioether (sulfide) groups is 1. The zero-order valence-electron chi connectivity index (χ0n) is 9.05. The molecule has 80 valence electrons. The standard InChI is InChI=1S/C10H22BrNS/c1-10(4-6-11)5-7-12(2)8-9-13-3/h10H,4-9H2,1-3H3. The fourth-order valence-corrected chi connectivity index (χ4v) is 2.41. The first-order chi connectivity index (χ1) is 6.20. The van der Waals surface area contributed by atoms with Crippen molar-refractivity contribution in [2.24, 2.45) is 5.92 Å². The number of hydrogen-bond donors (Lipinski definition) is 0. The molecule has 13 heavy (non-hydrogen) atoms. The van der Waals surface area contributed by atoms with E-state index in [1.807, 2.05) is 11.8 Å². The normalized spacial score (nSPS) is 13.6. The lowest BCUT2D eigenvalue weighted by molar-refractivity contribution is 0.320. The molecule has 0 saturated heterocycles. The molecule has 0 fully saturated rings. The first kappa shape index (κ1) is 13.8. The van der Waals surface area contributed by atoms with Crippen molar-refractivity contribution in [3.05, 3.63) is 0 Å². The Labute approximate surface area is 95.8 Å². The highest BCUT2D eigenvalue weighted by Gasteiger charge is 2.03. The molecule has 1 atom stereocenters. The molecule has 1 unspecified atom stereocenters. The topological polar surface area (TPSA) is 3.24 Å². The Balaban J connectivity index is 3.29. The third kappa shape index (κ3) is 9.10. The maximum atomic E-state index is 3.48. The second-order valence-electron chi connectivity index (χ2n) is 3.67. The molecule has 1 nitrogen and oxygen atoms in total. The minimum absolute atomic E-state index is 0.858. The molecule has 0 amide bonds. The van der Waals surface area contributed by atoms with Gasteiger partial charge in [0.1, 0.15) is 0 Å². The Morgan fingerprint density at radius 3 is 2.54 bits per heavy atom. The van der Waals surface area contributed by atoms with Crippen LogP contribution in [0.3, 0.4) is 0 Å². The van der Waals surface area contributed by atoms with Crippen LogP contribution in [0.2, 0.25) is 0 Å². The lowest BCUT2D eigenvalue weighted by Crippen LogP contribution is -2.23. The molecule has 0 aliphatic rings. The SMILES string of the molecule is CSCCN(C)CCC(C)CCBr. The zero-order valence-corrected chi connectivity index (χ0v) is 11.5. The molecular weight excluding hydrogens is 246 g/mol. The number of nitrogens with zero attached hydrogens (tertiary/aromatic N) is 1. The maximum Gasteiger partial charge on any atom is 0.00692 e. The predicted molar refractivity (Wildman–Crippen MR) is 68.1 cm³/mol. The first-order valence-corrected chi connectivity index (χ1v) is 7.45. The molecule has 0 N–H and O–H groups in total. The van der Waals surface area contributed by atoms with Crippen molar-refractivity contribution in [1.29, 1.82) is 0 Å². The fourth-order valence-electron chi connectivity index (χ4n) is 1.13. The first-order valence-electron chi connectivity index (χ1n) is 4.94. The van der Waals surface area contributed by atoms with E-state index in [0.29, 0.717) is 0 Å². The van der Waals surface area contributed by atoms with E-state index in [1.165, 1.54) is 31.7 Å². The van der Waals surface area contributed by atoms with Crippen LogP contribution in [0.4, 0.5) is 0 Å². The van der Waals surface area contributed by atoms with Gasteiger partial charge in [-0.3, -0.25) is 0 Å². The van der Waals surface area contributed by atoms with E-state index in [9.17, 15) is 0 Å². The zero-order chi connectivity index (χ0) is 10.1. The Morgan fingerprint density at radius 1 is 1.31 bits per heavy atom. The highest BCUT2D eigenvalue weighted by molar-refractivity contribution is 9.09. The molecule has 3 heteroatoms. The molecule has 0 radical (unpaired) electrons. The smallest absolute Gasteiger partial charge is 0.00692 e. The van der Waals surface area contributed by atoms with Crippen LogP contribution in [0, 0.1) is 5.92 Å². The number of hydrogen-bond acceptors (Lipinski definition) is 2. The third-order valence-corrected chi connectivity index (χ3v) is 3.33. The van der Waals surface area contributed by atoms with E-state index >= 15 is 0 Å². The van der Waals surface area contributed by atoms with Crippen LogP contribution >= 0.6 is 27.7 Å². The van der Waals surface area contributed by atoms with Crippen molar-refractivity contribution in [2.45, 2.75) is 19.8 Å². The summed E-state index contributed by atoms with van der Waals surface area (Å²) in [6.45, 7) is 4.81. The van der Waals surface area contributed by atoms with Gasteiger partial charge in [-0.25, -0.2) is 0 Å². The summed E-state index contributed by atoms with van der Waals surface area (Å²) in [5.41, 5.74) is 0. The summed E-state index contributed by atoms with van der Waals surface area (Å²) in [4.78, 5) is 2.43. The lowest BCUT2D eigenvalue weighted by atomic mass is 10.1. The van der Waals surface area contributed by atoms with Crippen molar-refractivity contribution in [3.63, 3.8) is 0 Å². The molecule has 0 rings (SSSR count). The largest absolute Gasteiger partial charge is 0.306 e. The fraction of sp³-hybridized carbons (Fsp3) is 1.00. The highest BCUT2D eigenvalue weighted by atomic mass is 79.9. The van der Waals surface area contributed by atoms with Gasteiger partial charge in [-0.15, -0.1) is 0 Å². The van der Waals surface area contributed by atoms with Crippen LogP contribution in [-0.4, -0.2) is 42.4 Å². The van der Waals surface area contributed by atoms with Crippen LogP contribution in [-0.2, 0) is 0 Å². The Kier molecular flexibility index (Phi) is 9.92. The Bertz CT molecular complexity index is 111. The molecular formula is C10H22BrNS. The average Bonchev–Trinajstić information content (AvgIpc) is 2.12. The van der Waals surface area contributed by atoms with E-state index in [2.05, 4.69) is 41.1 Å². The summed E-state index contributed by atoms with van der Waals surface area (Å²) in [6, 6.07) is 0. The van der Waals surface area contributed by atoms with Crippen molar-refractivity contribution in [2.75, 3.05) is 37.5 Å². The van der Waals surface area contributed by atoms with Gasteiger partial charge < -0.3 is 4.90 Å². The van der Waals surface area contributed by atoms with Gasteiger partial charge in [0.2, 0.25) is 0 Å². The summed E-state index contributed by atoms with van der Waals surface area (Å²) < 4.78 is 0. The van der Waals surface area contributed by atoms with Crippen molar-refractivity contribution < 1.29 is 0 Å². The van der Waals surface area contributed by atoms with Gasteiger partial charge in [0.05, 0.1) is 0 Å². The summed E-state index contributed by atoms with van der Waals surface area (Å²) in [5.74, 6) is 2.11. The molecule has 0 heterocycles. The minimum atomic E-state index is 0.858. The summed E-state index contributed by atoms with van der Waals surface area (Å²) in [7, 11) is 2.22. The van der Waals surface area contributed by atoms with Gasteiger partial charge in [-0.2, -0.15) is 11.8 Å². The second kappa shape index (κ2) is 9.35. The van der Waals surface area contributed by atoms with Crippen LogP contribution in [0.15, 0.2) is 0 Å². The van der Waals surface area contributed by atoms with E-state index in [4.69, 9.17) is 0 Å². The summed E-state index contributed by atoms with van der Waals surface area (Å²) in [5, 5.41) is 1.14. The highest BCUT2D eigenvalue weighted by Crippen LogP contribution is 2.09. The molecule has 0 aromatic carbocycles. The molecule has 0 spiro atoms. The van der Waals surface area contributed by atoms with Crippen molar-refractivity contribution in [3.8, 4) is 0 Å². The monoisotopic (exact) mass is 267 g/mol. The van der Waals surface area contributed by atoms with Crippen molar-refractivity contribution in [1.82, 2.24) is 4.90 Å². The number of rotatable bonds is 8. The molecule has 0 bridgehead atoms. The second-order valence-corrected chi connectivity index (χ2v) is 5.45. The van der Waals surface area contributed by atoms with E-state index in [1.54, 1.807) is 0 Å². The molecule has 0 saturated carbocycles. The predicted octanol–water partition coefficient (Wildman–Crippen LogP) is 3.09. The average molecular weight is 268 g/mol. The summed E-state index contributed by atoms with van der Waals surface area (Å²) >= 11 is 5.41. The molecule has 0 aromatic rings. The van der Waals surface area contributed by atoms with Crippen LogP contribution in [0.5, 0.6) is 0 Å². The van der Waals surface area contributed by atoms with Crippen LogP contribution in [0.1, 0.15) is 19.8 Å². The third-order valence-electron chi connectivity index (χ3n) is 2.28. The van der Waals surface area contributed by atoms with Crippen molar-refractivity contribution >= 4 is 27.7 Å². The minimum Gasteiger partial charge on any atom is -0.306 e. The number of alkyl halides is 1. The molecule has 0 aromatic heterocycles. The van der Waals surface area contributed by atoms with Gasteiger partial charge in [0.25, 0.3) is 0 Å². The Hall–Kier alpha value is 0.790. The van der Waals surface area contributed by atoms with E-state index < -0.39 is 0 Å². The summed E-state index contributed by atoms with van der Waals surface area (Å²) in [6.07, 6.45) is 4.80. The van der Waals surface area contributed by atoms with Crippen LogP contribution in [0.25, 0.3) is 0 Å². The molecule has 0 aliphatic carbocycles. The van der Waals surface area contributed by atoms with Crippen LogP contribution < -0.4 is 0 Å². The number of halogens is 1.